The summed E-state index contributed by atoms with van der Waals surface area (Å²) in [7, 11) is 1.95. The molecule has 0 unspecified atom stereocenters. The van der Waals surface area contributed by atoms with E-state index in [1.54, 1.807) is 0 Å². The summed E-state index contributed by atoms with van der Waals surface area (Å²) in [5, 5.41) is 9.02. The zero-order valence-corrected chi connectivity index (χ0v) is 7.96. The molecule has 3 nitrogen and oxygen atoms in total. The summed E-state index contributed by atoms with van der Waals surface area (Å²) in [4.78, 5) is 4.37. The lowest BCUT2D eigenvalue weighted by Crippen LogP contribution is -2.01. The molecule has 0 saturated heterocycles. The summed E-state index contributed by atoms with van der Waals surface area (Å²) in [5.74, 6) is 1.07. The third-order valence-corrected chi connectivity index (χ3v) is 2.13. The van der Waals surface area contributed by atoms with Crippen LogP contribution in [0.1, 0.15) is 30.6 Å². The van der Waals surface area contributed by atoms with Gasteiger partial charge < -0.3 is 9.67 Å². The number of aryl methyl sites for hydroxylation is 2. The maximum atomic E-state index is 9.02. The molecular formula is C9H16N2O. The molecule has 68 valence electrons. The molecule has 0 bridgehead atoms. The lowest BCUT2D eigenvalue weighted by molar-refractivity contribution is 0.271. The van der Waals surface area contributed by atoms with E-state index >= 15 is 0 Å². The molecule has 0 saturated carbocycles. The Balaban J connectivity index is 3.00. The number of hydrogen-bond donors (Lipinski definition) is 1. The van der Waals surface area contributed by atoms with Gasteiger partial charge in [-0.05, 0) is 13.3 Å². The van der Waals surface area contributed by atoms with Gasteiger partial charge in [-0.25, -0.2) is 4.98 Å². The van der Waals surface area contributed by atoms with Crippen molar-refractivity contribution in [2.45, 2.75) is 33.3 Å². The van der Waals surface area contributed by atoms with Gasteiger partial charge in [-0.15, -0.1) is 0 Å². The third-order valence-electron chi connectivity index (χ3n) is 2.13. The van der Waals surface area contributed by atoms with Gasteiger partial charge in [-0.2, -0.15) is 0 Å². The fourth-order valence-corrected chi connectivity index (χ4v) is 1.40. The van der Waals surface area contributed by atoms with E-state index in [2.05, 4.69) is 11.9 Å². The van der Waals surface area contributed by atoms with Crippen molar-refractivity contribution < 1.29 is 5.11 Å². The molecule has 1 rings (SSSR count). The van der Waals surface area contributed by atoms with E-state index < -0.39 is 0 Å². The first-order chi connectivity index (χ1) is 5.70. The highest BCUT2D eigenvalue weighted by atomic mass is 16.3. The minimum atomic E-state index is 0.0824. The molecule has 3 heteroatoms. The van der Waals surface area contributed by atoms with Crippen LogP contribution in [-0.2, 0) is 20.1 Å². The van der Waals surface area contributed by atoms with E-state index in [9.17, 15) is 0 Å². The second-order valence-electron chi connectivity index (χ2n) is 3.03. The SMILES string of the molecule is CCCc1nc(C)c(CO)n1C. The maximum Gasteiger partial charge on any atom is 0.108 e. The summed E-state index contributed by atoms with van der Waals surface area (Å²) in [6.07, 6.45) is 2.08. The van der Waals surface area contributed by atoms with Crippen LogP contribution >= 0.6 is 0 Å². The largest absolute Gasteiger partial charge is 0.390 e. The average molecular weight is 168 g/mol. The first kappa shape index (κ1) is 9.26. The molecule has 1 aromatic rings. The van der Waals surface area contributed by atoms with E-state index in [1.807, 2.05) is 18.5 Å². The molecule has 0 aliphatic rings. The van der Waals surface area contributed by atoms with Crippen LogP contribution in [0.3, 0.4) is 0 Å². The van der Waals surface area contributed by atoms with E-state index in [0.29, 0.717) is 0 Å². The van der Waals surface area contributed by atoms with Crippen molar-refractivity contribution in [1.82, 2.24) is 9.55 Å². The molecule has 0 aromatic carbocycles. The number of rotatable bonds is 3. The van der Waals surface area contributed by atoms with Gasteiger partial charge >= 0.3 is 0 Å². The van der Waals surface area contributed by atoms with Gasteiger partial charge in [0.15, 0.2) is 0 Å². The third kappa shape index (κ3) is 1.50. The van der Waals surface area contributed by atoms with Gasteiger partial charge in [-0.1, -0.05) is 6.92 Å². The first-order valence-corrected chi connectivity index (χ1v) is 4.32. The van der Waals surface area contributed by atoms with Crippen molar-refractivity contribution in [2.75, 3.05) is 0 Å². The van der Waals surface area contributed by atoms with Crippen molar-refractivity contribution >= 4 is 0 Å². The second-order valence-corrected chi connectivity index (χ2v) is 3.03. The lowest BCUT2D eigenvalue weighted by atomic mass is 10.3. The predicted octanol–water partition coefficient (Wildman–Crippen LogP) is 1.17. The lowest BCUT2D eigenvalue weighted by Gasteiger charge is -2.01. The van der Waals surface area contributed by atoms with Crippen LogP contribution in [-0.4, -0.2) is 14.7 Å². The number of aliphatic hydroxyl groups is 1. The van der Waals surface area contributed by atoms with Crippen LogP contribution in [0.5, 0.6) is 0 Å². The highest BCUT2D eigenvalue weighted by Gasteiger charge is 2.08. The average Bonchev–Trinajstić information content (AvgIpc) is 2.29. The quantitative estimate of drug-likeness (QED) is 0.735. The molecule has 1 heterocycles. The molecule has 0 atom stereocenters. The van der Waals surface area contributed by atoms with Gasteiger partial charge in [0.2, 0.25) is 0 Å². The van der Waals surface area contributed by atoms with E-state index in [0.717, 1.165) is 30.1 Å². The number of nitrogens with zero attached hydrogens (tertiary/aromatic N) is 2. The van der Waals surface area contributed by atoms with Crippen molar-refractivity contribution in [1.29, 1.82) is 0 Å². The Bertz CT molecular complexity index is 266. The van der Waals surface area contributed by atoms with Crippen molar-refractivity contribution in [2.24, 2.45) is 7.05 Å². The predicted molar refractivity (Wildman–Crippen MR) is 47.9 cm³/mol. The highest BCUT2D eigenvalue weighted by Crippen LogP contribution is 2.10. The van der Waals surface area contributed by atoms with Crippen molar-refractivity contribution in [3.63, 3.8) is 0 Å². The fraction of sp³-hybridized carbons (Fsp3) is 0.667. The molecule has 0 spiro atoms. The monoisotopic (exact) mass is 168 g/mol. The number of aromatic nitrogens is 2. The number of imidazole rings is 1. The van der Waals surface area contributed by atoms with Crippen molar-refractivity contribution in [3.8, 4) is 0 Å². The van der Waals surface area contributed by atoms with Gasteiger partial charge in [0, 0.05) is 13.5 Å². The van der Waals surface area contributed by atoms with Crippen LogP contribution < -0.4 is 0 Å². The Morgan fingerprint density at radius 3 is 2.58 bits per heavy atom. The Hall–Kier alpha value is -0.830. The zero-order valence-electron chi connectivity index (χ0n) is 7.96. The normalized spacial score (nSPS) is 10.7. The van der Waals surface area contributed by atoms with Gasteiger partial charge in [0.1, 0.15) is 5.82 Å². The van der Waals surface area contributed by atoms with Crippen LogP contribution in [0.25, 0.3) is 0 Å². The summed E-state index contributed by atoms with van der Waals surface area (Å²) in [6, 6.07) is 0. The second kappa shape index (κ2) is 3.72. The minimum absolute atomic E-state index is 0.0824. The number of hydrogen-bond acceptors (Lipinski definition) is 2. The molecule has 0 aliphatic carbocycles. The molecule has 0 amide bonds. The van der Waals surface area contributed by atoms with Gasteiger partial charge in [-0.3, -0.25) is 0 Å². The summed E-state index contributed by atoms with van der Waals surface area (Å²) in [6.45, 7) is 4.15. The Labute approximate surface area is 73.1 Å². The summed E-state index contributed by atoms with van der Waals surface area (Å²) >= 11 is 0. The molecule has 0 aliphatic heterocycles. The zero-order chi connectivity index (χ0) is 9.14. The standard InChI is InChI=1S/C9H16N2O/c1-4-5-9-10-7(2)8(6-12)11(9)3/h12H,4-6H2,1-3H3. The minimum Gasteiger partial charge on any atom is -0.390 e. The molecule has 0 fully saturated rings. The Kier molecular flexibility index (Phi) is 2.87. The maximum absolute atomic E-state index is 9.02. The van der Waals surface area contributed by atoms with E-state index in [4.69, 9.17) is 5.11 Å². The molecule has 1 aromatic heterocycles. The topological polar surface area (TPSA) is 38.1 Å². The first-order valence-electron chi connectivity index (χ1n) is 4.32. The van der Waals surface area contributed by atoms with Crippen LogP contribution in [0.2, 0.25) is 0 Å². The van der Waals surface area contributed by atoms with Crippen LogP contribution in [0, 0.1) is 6.92 Å². The van der Waals surface area contributed by atoms with Gasteiger partial charge in [0.25, 0.3) is 0 Å². The molecule has 12 heavy (non-hydrogen) atoms. The number of aliphatic hydroxyl groups excluding tert-OH is 1. The molecular weight excluding hydrogens is 152 g/mol. The van der Waals surface area contributed by atoms with Gasteiger partial charge in [0.05, 0.1) is 18.0 Å². The van der Waals surface area contributed by atoms with E-state index in [1.165, 1.54) is 0 Å². The van der Waals surface area contributed by atoms with Crippen molar-refractivity contribution in [3.05, 3.63) is 17.2 Å². The Morgan fingerprint density at radius 1 is 1.50 bits per heavy atom. The highest BCUT2D eigenvalue weighted by molar-refractivity contribution is 5.14. The summed E-state index contributed by atoms with van der Waals surface area (Å²) in [5.41, 5.74) is 1.88. The molecule has 1 N–H and O–H groups in total. The molecule has 0 radical (unpaired) electrons. The van der Waals surface area contributed by atoms with Crippen LogP contribution in [0.4, 0.5) is 0 Å². The fourth-order valence-electron chi connectivity index (χ4n) is 1.40. The Morgan fingerprint density at radius 2 is 2.17 bits per heavy atom. The summed E-state index contributed by atoms with van der Waals surface area (Å²) < 4.78 is 1.98. The van der Waals surface area contributed by atoms with E-state index in [-0.39, 0.29) is 6.61 Å². The smallest absolute Gasteiger partial charge is 0.108 e. The van der Waals surface area contributed by atoms with Crippen LogP contribution in [0.15, 0.2) is 0 Å².